The van der Waals surface area contributed by atoms with Crippen LogP contribution in [-0.2, 0) is 4.74 Å². The number of benzene rings is 1. The first-order valence-electron chi connectivity index (χ1n) is 9.80. The van der Waals surface area contributed by atoms with Crippen molar-refractivity contribution >= 4 is 17.6 Å². The Bertz CT molecular complexity index is 1010. The highest BCUT2D eigenvalue weighted by Crippen LogP contribution is 2.38. The predicted octanol–water partition coefficient (Wildman–Crippen LogP) is 4.15. The number of alkyl halides is 1. The van der Waals surface area contributed by atoms with Gasteiger partial charge in [0, 0.05) is 37.1 Å². The number of aromatic nitrogens is 1. The van der Waals surface area contributed by atoms with Gasteiger partial charge in [-0.15, -0.1) is 11.8 Å². The number of nitriles is 2. The second kappa shape index (κ2) is 8.91. The monoisotopic (exact) mass is 424 g/mol. The van der Waals surface area contributed by atoms with Gasteiger partial charge in [0.15, 0.2) is 0 Å². The van der Waals surface area contributed by atoms with Crippen LogP contribution >= 0.6 is 11.8 Å². The third-order valence-corrected chi connectivity index (χ3v) is 6.48. The van der Waals surface area contributed by atoms with E-state index in [0.717, 1.165) is 24.5 Å². The van der Waals surface area contributed by atoms with Gasteiger partial charge >= 0.3 is 0 Å². The fraction of sp³-hybridized carbons (Fsp3) is 0.409. The minimum atomic E-state index is -0.773. The van der Waals surface area contributed by atoms with E-state index in [2.05, 4.69) is 22.4 Å². The van der Waals surface area contributed by atoms with E-state index >= 15 is 0 Å². The molecule has 1 N–H and O–H groups in total. The Kier molecular flexibility index (Phi) is 6.08. The zero-order valence-corrected chi connectivity index (χ0v) is 17.3. The lowest BCUT2D eigenvalue weighted by molar-refractivity contribution is -0.0196. The number of anilines is 1. The highest BCUT2D eigenvalue weighted by atomic mass is 32.2. The average Bonchev–Trinajstić information content (AvgIpc) is 2.71. The summed E-state index contributed by atoms with van der Waals surface area (Å²) in [6.07, 6.45) is -0.0293. The van der Waals surface area contributed by atoms with E-state index in [9.17, 15) is 14.9 Å². The summed E-state index contributed by atoms with van der Waals surface area (Å²) in [7, 11) is 1.71. The van der Waals surface area contributed by atoms with Crippen LogP contribution in [0.5, 0.6) is 5.75 Å². The zero-order valence-electron chi connectivity index (χ0n) is 16.5. The van der Waals surface area contributed by atoms with Crippen molar-refractivity contribution in [2.24, 2.45) is 5.92 Å². The Morgan fingerprint density at radius 2 is 1.90 bits per heavy atom. The van der Waals surface area contributed by atoms with Crippen molar-refractivity contribution in [3.05, 3.63) is 35.4 Å². The van der Waals surface area contributed by atoms with Gasteiger partial charge in [-0.1, -0.05) is 12.1 Å². The molecule has 8 heteroatoms. The lowest BCUT2D eigenvalue weighted by Crippen LogP contribution is -2.34. The third-order valence-electron chi connectivity index (χ3n) is 5.27. The van der Waals surface area contributed by atoms with Crippen molar-refractivity contribution in [2.75, 3.05) is 31.3 Å². The van der Waals surface area contributed by atoms with Crippen LogP contribution < -0.4 is 10.1 Å². The minimum Gasteiger partial charge on any atom is -0.490 e. The number of pyridine rings is 1. The third kappa shape index (κ3) is 4.07. The Morgan fingerprint density at radius 3 is 2.43 bits per heavy atom. The van der Waals surface area contributed by atoms with Crippen LogP contribution in [0.15, 0.2) is 29.3 Å². The van der Waals surface area contributed by atoms with Gasteiger partial charge in [-0.2, -0.15) is 10.5 Å². The van der Waals surface area contributed by atoms with Gasteiger partial charge in [-0.25, -0.2) is 9.37 Å². The molecule has 2 aliphatic rings. The summed E-state index contributed by atoms with van der Waals surface area (Å²) >= 11 is 1.51. The first-order chi connectivity index (χ1) is 14.6. The van der Waals surface area contributed by atoms with Crippen molar-refractivity contribution in [3.63, 3.8) is 0 Å². The van der Waals surface area contributed by atoms with Crippen LogP contribution in [0.3, 0.4) is 0 Å². The van der Waals surface area contributed by atoms with Crippen molar-refractivity contribution in [3.8, 4) is 29.0 Å². The van der Waals surface area contributed by atoms with Crippen molar-refractivity contribution < 1.29 is 13.9 Å². The van der Waals surface area contributed by atoms with Crippen LogP contribution in [0.25, 0.3) is 11.1 Å². The van der Waals surface area contributed by atoms with Gasteiger partial charge in [0.05, 0.1) is 18.8 Å². The Hall–Kier alpha value is -2.81. The number of hydrogen-bond donors (Lipinski definition) is 1. The van der Waals surface area contributed by atoms with Crippen molar-refractivity contribution in [1.82, 2.24) is 4.98 Å². The quantitative estimate of drug-likeness (QED) is 0.668. The average molecular weight is 425 g/mol. The maximum atomic E-state index is 13.0. The summed E-state index contributed by atoms with van der Waals surface area (Å²) in [5.41, 5.74) is 2.02. The normalized spacial score (nSPS) is 20.4. The van der Waals surface area contributed by atoms with Crippen LogP contribution in [0.2, 0.25) is 0 Å². The molecular formula is C22H21FN4O2S. The molecule has 1 saturated carbocycles. The Labute approximate surface area is 179 Å². The molecule has 0 spiro atoms. The highest BCUT2D eigenvalue weighted by Gasteiger charge is 2.30. The van der Waals surface area contributed by atoms with Crippen molar-refractivity contribution in [2.45, 2.75) is 30.1 Å². The molecule has 1 aromatic heterocycles. The molecule has 0 atom stereocenters. The largest absolute Gasteiger partial charge is 0.490 e. The Balaban J connectivity index is 1.67. The number of hydrogen-bond acceptors (Lipinski definition) is 7. The fourth-order valence-corrected chi connectivity index (χ4v) is 4.45. The van der Waals surface area contributed by atoms with Gasteiger partial charge in [0.25, 0.3) is 0 Å². The van der Waals surface area contributed by atoms with Gasteiger partial charge in [0.2, 0.25) is 0 Å². The molecule has 154 valence electrons. The van der Waals surface area contributed by atoms with Gasteiger partial charge < -0.3 is 14.8 Å². The lowest BCUT2D eigenvalue weighted by Gasteiger charge is -2.30. The number of halogens is 1. The zero-order chi connectivity index (χ0) is 21.1. The molecule has 1 saturated heterocycles. The van der Waals surface area contributed by atoms with Crippen LogP contribution in [0, 0.1) is 28.6 Å². The summed E-state index contributed by atoms with van der Waals surface area (Å²) in [5.74, 6) is 2.35. The van der Waals surface area contributed by atoms with E-state index in [4.69, 9.17) is 9.47 Å². The molecule has 0 bridgehead atoms. The second-order valence-corrected chi connectivity index (χ2v) is 8.42. The van der Waals surface area contributed by atoms with E-state index < -0.39 is 6.17 Å². The molecular weight excluding hydrogens is 403 g/mol. The molecule has 4 rings (SSSR count). The summed E-state index contributed by atoms with van der Waals surface area (Å²) in [6, 6.07) is 11.7. The van der Waals surface area contributed by atoms with E-state index in [1.54, 1.807) is 19.2 Å². The molecule has 6 nitrogen and oxygen atoms in total. The molecule has 2 aromatic rings. The molecule has 1 aromatic carbocycles. The topological polar surface area (TPSA) is 91.0 Å². The standard InChI is InChI=1S/C22H21FN4O2S/c1-26-21-18(8-24)20(19(9-25)22(27-21)30-12-13-10-28-11-13)14-2-4-16(5-3-14)29-17-6-15(23)7-17/h2-5,13,15,17H,6-7,10-12H2,1H3,(H,26,27)/t15-,17+. The molecule has 30 heavy (non-hydrogen) atoms. The van der Waals surface area contributed by atoms with Crippen molar-refractivity contribution in [1.29, 1.82) is 10.5 Å². The van der Waals surface area contributed by atoms with E-state index in [1.807, 2.05) is 12.1 Å². The van der Waals surface area contributed by atoms with Crippen LogP contribution in [-0.4, -0.2) is 43.3 Å². The first kappa shape index (κ1) is 20.5. The molecule has 0 unspecified atom stereocenters. The number of thioether (sulfide) groups is 1. The fourth-order valence-electron chi connectivity index (χ4n) is 3.42. The van der Waals surface area contributed by atoms with E-state index in [0.29, 0.717) is 52.0 Å². The molecule has 0 amide bonds. The predicted molar refractivity (Wildman–Crippen MR) is 112 cm³/mol. The number of nitrogens with one attached hydrogen (secondary N) is 1. The van der Waals surface area contributed by atoms with Gasteiger partial charge in [-0.05, 0) is 17.7 Å². The molecule has 1 aliphatic carbocycles. The number of nitrogens with zero attached hydrogens (tertiary/aromatic N) is 3. The summed E-state index contributed by atoms with van der Waals surface area (Å²) in [4.78, 5) is 4.54. The van der Waals surface area contributed by atoms with Crippen LogP contribution in [0.1, 0.15) is 24.0 Å². The van der Waals surface area contributed by atoms with Gasteiger partial charge in [-0.3, -0.25) is 0 Å². The second-order valence-electron chi connectivity index (χ2n) is 7.41. The van der Waals surface area contributed by atoms with E-state index in [-0.39, 0.29) is 6.10 Å². The number of rotatable bonds is 7. The summed E-state index contributed by atoms with van der Waals surface area (Å²) < 4.78 is 24.0. The molecule has 2 fully saturated rings. The lowest BCUT2D eigenvalue weighted by atomic mass is 9.93. The molecule has 2 heterocycles. The molecule has 0 radical (unpaired) electrons. The van der Waals surface area contributed by atoms with Crippen LogP contribution in [0.4, 0.5) is 10.2 Å². The maximum Gasteiger partial charge on any atom is 0.145 e. The Morgan fingerprint density at radius 1 is 1.20 bits per heavy atom. The smallest absolute Gasteiger partial charge is 0.145 e. The minimum absolute atomic E-state index is 0.0921. The summed E-state index contributed by atoms with van der Waals surface area (Å²) in [5, 5.41) is 23.3. The summed E-state index contributed by atoms with van der Waals surface area (Å²) in [6.45, 7) is 1.45. The maximum absolute atomic E-state index is 13.0. The van der Waals surface area contributed by atoms with Gasteiger partial charge in [0.1, 0.15) is 46.6 Å². The first-order valence-corrected chi connectivity index (χ1v) is 10.8. The van der Waals surface area contributed by atoms with E-state index in [1.165, 1.54) is 11.8 Å². The highest BCUT2D eigenvalue weighted by molar-refractivity contribution is 7.99. The number of ether oxygens (including phenoxy) is 2. The SMILES string of the molecule is CNc1nc(SCC2COC2)c(C#N)c(-c2ccc(O[C@H]3C[C@@H](F)C3)cc2)c1C#N. The molecule has 1 aliphatic heterocycles.